The Hall–Kier alpha value is -1.36. The zero-order valence-corrected chi connectivity index (χ0v) is 13.2. The molecule has 1 heterocycles. The molecule has 0 aliphatic carbocycles. The summed E-state index contributed by atoms with van der Waals surface area (Å²) in [6, 6.07) is 11.8. The molecule has 0 saturated carbocycles. The molecule has 0 aliphatic rings. The summed E-state index contributed by atoms with van der Waals surface area (Å²) in [5.41, 5.74) is 9.85. The molecule has 0 bridgehead atoms. The molecule has 3 aromatic rings. The van der Waals surface area contributed by atoms with Crippen LogP contribution in [0.5, 0.6) is 0 Å². The molecule has 3 rings (SSSR count). The van der Waals surface area contributed by atoms with Gasteiger partial charge < -0.3 is 10.3 Å². The van der Waals surface area contributed by atoms with Crippen LogP contribution in [0.25, 0.3) is 22.4 Å². The number of hydrogen-bond donors (Lipinski definition) is 1. The lowest BCUT2D eigenvalue weighted by Gasteiger charge is -2.05. The summed E-state index contributed by atoms with van der Waals surface area (Å²) in [6.07, 6.45) is 0. The van der Waals surface area contributed by atoms with Crippen molar-refractivity contribution in [1.82, 2.24) is 9.55 Å². The van der Waals surface area contributed by atoms with Crippen LogP contribution in [0.15, 0.2) is 40.9 Å². The Kier molecular flexibility index (Phi) is 3.54. The minimum absolute atomic E-state index is 0.529. The Morgan fingerprint density at radius 3 is 2.75 bits per heavy atom. The van der Waals surface area contributed by atoms with E-state index in [-0.39, 0.29) is 0 Å². The minimum atomic E-state index is 0.529. The Balaban J connectivity index is 2.24. The summed E-state index contributed by atoms with van der Waals surface area (Å²) >= 11 is 9.54. The SMILES string of the molecule is Cn1c(-c2ccc(Cl)cc2Br)nc2ccc(CN)cc21. The molecule has 0 unspecified atom stereocenters. The minimum Gasteiger partial charge on any atom is -0.327 e. The van der Waals surface area contributed by atoms with E-state index in [9.17, 15) is 0 Å². The molecule has 5 heteroatoms. The van der Waals surface area contributed by atoms with E-state index in [0.29, 0.717) is 11.6 Å². The van der Waals surface area contributed by atoms with Gasteiger partial charge in [-0.15, -0.1) is 0 Å². The van der Waals surface area contributed by atoms with Crippen LogP contribution in [0, 0.1) is 0 Å². The van der Waals surface area contributed by atoms with Gasteiger partial charge >= 0.3 is 0 Å². The number of imidazole rings is 1. The Morgan fingerprint density at radius 1 is 1.25 bits per heavy atom. The third kappa shape index (κ3) is 2.24. The molecular weight excluding hydrogens is 338 g/mol. The second kappa shape index (κ2) is 5.20. The molecule has 3 nitrogen and oxygen atoms in total. The number of aryl methyl sites for hydroxylation is 1. The van der Waals surface area contributed by atoms with Crippen LogP contribution in [0.4, 0.5) is 0 Å². The van der Waals surface area contributed by atoms with Crippen molar-refractivity contribution in [2.75, 3.05) is 0 Å². The van der Waals surface area contributed by atoms with Gasteiger partial charge in [0.05, 0.1) is 11.0 Å². The first kappa shape index (κ1) is 13.6. The maximum atomic E-state index is 5.99. The number of rotatable bonds is 2. The molecule has 0 aliphatic heterocycles. The van der Waals surface area contributed by atoms with E-state index in [1.54, 1.807) is 0 Å². The fraction of sp³-hybridized carbons (Fsp3) is 0.133. The summed E-state index contributed by atoms with van der Waals surface area (Å²) in [6.45, 7) is 0.529. The molecule has 20 heavy (non-hydrogen) atoms. The van der Waals surface area contributed by atoms with Gasteiger partial charge in [-0.2, -0.15) is 0 Å². The molecule has 0 amide bonds. The summed E-state index contributed by atoms with van der Waals surface area (Å²) in [4.78, 5) is 4.70. The molecule has 0 fully saturated rings. The van der Waals surface area contributed by atoms with Crippen LogP contribution in [0.3, 0.4) is 0 Å². The predicted molar refractivity (Wildman–Crippen MR) is 86.8 cm³/mol. The van der Waals surface area contributed by atoms with Crippen molar-refractivity contribution in [3.05, 3.63) is 51.5 Å². The number of aromatic nitrogens is 2. The predicted octanol–water partition coefficient (Wildman–Crippen LogP) is 4.11. The highest BCUT2D eigenvalue weighted by Gasteiger charge is 2.13. The maximum absolute atomic E-state index is 5.99. The average Bonchev–Trinajstić information content (AvgIpc) is 2.76. The first-order chi connectivity index (χ1) is 9.60. The fourth-order valence-electron chi connectivity index (χ4n) is 2.27. The maximum Gasteiger partial charge on any atom is 0.142 e. The third-order valence-corrected chi connectivity index (χ3v) is 4.24. The number of hydrogen-bond acceptors (Lipinski definition) is 2. The van der Waals surface area contributed by atoms with Gasteiger partial charge in [-0.1, -0.05) is 17.7 Å². The van der Waals surface area contributed by atoms with Crippen molar-refractivity contribution in [1.29, 1.82) is 0 Å². The quantitative estimate of drug-likeness (QED) is 0.755. The van der Waals surface area contributed by atoms with E-state index < -0.39 is 0 Å². The third-order valence-electron chi connectivity index (χ3n) is 3.35. The second-order valence-electron chi connectivity index (χ2n) is 4.65. The largest absolute Gasteiger partial charge is 0.327 e. The van der Waals surface area contributed by atoms with Crippen molar-refractivity contribution in [2.45, 2.75) is 6.54 Å². The number of nitrogens with two attached hydrogens (primary N) is 1. The van der Waals surface area contributed by atoms with E-state index in [4.69, 9.17) is 22.3 Å². The molecule has 0 saturated heterocycles. The van der Waals surface area contributed by atoms with E-state index >= 15 is 0 Å². The Bertz CT molecular complexity index is 795. The highest BCUT2D eigenvalue weighted by molar-refractivity contribution is 9.10. The zero-order chi connectivity index (χ0) is 14.3. The summed E-state index contributed by atoms with van der Waals surface area (Å²) in [5.74, 6) is 0.901. The molecule has 2 aromatic carbocycles. The first-order valence-corrected chi connectivity index (χ1v) is 7.38. The second-order valence-corrected chi connectivity index (χ2v) is 5.94. The standard InChI is InChI=1S/C15H13BrClN3/c1-20-14-6-9(8-18)2-5-13(14)19-15(20)11-4-3-10(17)7-12(11)16/h2-7H,8,18H2,1H3. The van der Waals surface area contributed by atoms with E-state index in [2.05, 4.69) is 26.6 Å². The summed E-state index contributed by atoms with van der Waals surface area (Å²) < 4.78 is 3.00. The topological polar surface area (TPSA) is 43.8 Å². The van der Waals surface area contributed by atoms with Gasteiger partial charge in [-0.3, -0.25) is 0 Å². The number of halogens is 2. The molecule has 2 N–H and O–H groups in total. The van der Waals surface area contributed by atoms with Crippen molar-refractivity contribution >= 4 is 38.6 Å². The van der Waals surface area contributed by atoms with Crippen molar-refractivity contribution in [3.63, 3.8) is 0 Å². The van der Waals surface area contributed by atoms with Gasteiger partial charge in [-0.25, -0.2) is 4.98 Å². The molecule has 102 valence electrons. The number of benzene rings is 2. The lowest BCUT2D eigenvalue weighted by Crippen LogP contribution is -1.97. The van der Waals surface area contributed by atoms with E-state index in [1.807, 2.05) is 37.4 Å². The van der Waals surface area contributed by atoms with Crippen LogP contribution in [-0.4, -0.2) is 9.55 Å². The number of nitrogens with zero attached hydrogens (tertiary/aromatic N) is 2. The lowest BCUT2D eigenvalue weighted by molar-refractivity contribution is 0.955. The number of fused-ring (bicyclic) bond motifs is 1. The Labute approximate surface area is 130 Å². The summed E-state index contributed by atoms with van der Waals surface area (Å²) in [7, 11) is 2.01. The van der Waals surface area contributed by atoms with Crippen molar-refractivity contribution in [3.8, 4) is 11.4 Å². The van der Waals surface area contributed by atoms with E-state index in [1.165, 1.54) is 0 Å². The van der Waals surface area contributed by atoms with Crippen LogP contribution in [0.2, 0.25) is 5.02 Å². The van der Waals surface area contributed by atoms with Gasteiger partial charge in [0.1, 0.15) is 5.82 Å². The molecule has 0 radical (unpaired) electrons. The van der Waals surface area contributed by atoms with Crippen LogP contribution < -0.4 is 5.73 Å². The fourth-order valence-corrected chi connectivity index (χ4v) is 3.13. The van der Waals surface area contributed by atoms with Crippen molar-refractivity contribution in [2.24, 2.45) is 12.8 Å². The molecular formula is C15H13BrClN3. The van der Waals surface area contributed by atoms with Crippen LogP contribution in [-0.2, 0) is 13.6 Å². The summed E-state index contributed by atoms with van der Waals surface area (Å²) in [5, 5.41) is 0.699. The smallest absolute Gasteiger partial charge is 0.142 e. The van der Waals surface area contributed by atoms with Crippen molar-refractivity contribution < 1.29 is 0 Å². The van der Waals surface area contributed by atoms with Crippen LogP contribution in [0.1, 0.15) is 5.56 Å². The Morgan fingerprint density at radius 2 is 2.05 bits per heavy atom. The molecule has 1 aromatic heterocycles. The average molecular weight is 351 g/mol. The highest BCUT2D eigenvalue weighted by Crippen LogP contribution is 2.31. The molecule has 0 atom stereocenters. The van der Waals surface area contributed by atoms with Gasteiger partial charge in [0.2, 0.25) is 0 Å². The van der Waals surface area contributed by atoms with E-state index in [0.717, 1.165) is 32.5 Å². The monoisotopic (exact) mass is 349 g/mol. The highest BCUT2D eigenvalue weighted by atomic mass is 79.9. The lowest BCUT2D eigenvalue weighted by atomic mass is 10.2. The van der Waals surface area contributed by atoms with Gasteiger partial charge in [-0.05, 0) is 51.8 Å². The first-order valence-electron chi connectivity index (χ1n) is 6.21. The molecule has 0 spiro atoms. The normalized spacial score (nSPS) is 11.2. The van der Waals surface area contributed by atoms with Crippen LogP contribution >= 0.6 is 27.5 Å². The zero-order valence-electron chi connectivity index (χ0n) is 10.9. The van der Waals surface area contributed by atoms with Gasteiger partial charge in [0.25, 0.3) is 0 Å². The van der Waals surface area contributed by atoms with Gasteiger partial charge in [0, 0.05) is 28.7 Å². The van der Waals surface area contributed by atoms with Gasteiger partial charge in [0.15, 0.2) is 0 Å².